The first kappa shape index (κ1) is 13.7. The highest BCUT2D eigenvalue weighted by Crippen LogP contribution is 2.18. The number of hydrogen-bond donors (Lipinski definition) is 2. The third-order valence-corrected chi connectivity index (χ3v) is 2.35. The molecule has 0 aliphatic carbocycles. The molecule has 0 bridgehead atoms. The van der Waals surface area contributed by atoms with Crippen LogP contribution in [0.2, 0.25) is 0 Å². The Kier molecular flexibility index (Phi) is 4.43. The Labute approximate surface area is 113 Å². The third-order valence-electron chi connectivity index (χ3n) is 2.35. The number of rotatable bonds is 5. The number of nitrogens with zero attached hydrogens (tertiary/aromatic N) is 1. The molecule has 20 heavy (non-hydrogen) atoms. The molecule has 1 heterocycles. The van der Waals surface area contributed by atoms with Gasteiger partial charge in [0.15, 0.2) is 0 Å². The second-order valence-electron chi connectivity index (χ2n) is 3.70. The number of H-pyrrole nitrogens is 1. The Morgan fingerprint density at radius 1 is 1.30 bits per heavy atom. The molecule has 0 aliphatic heterocycles. The fourth-order valence-corrected chi connectivity index (χ4v) is 1.48. The maximum Gasteiger partial charge on any atom is 0.387 e. The summed E-state index contributed by atoms with van der Waals surface area (Å²) in [5, 5.41) is 3.70. The summed E-state index contributed by atoms with van der Waals surface area (Å²) in [6, 6.07) is 9.39. The quantitative estimate of drug-likeness (QED) is 0.652. The number of aromatic nitrogens is 1. The molecule has 0 saturated carbocycles. The number of carbonyl (C=O) groups excluding carboxylic acids is 1. The minimum absolute atomic E-state index is 0.0135. The summed E-state index contributed by atoms with van der Waals surface area (Å²) in [6.45, 7) is -2.92. The fourth-order valence-electron chi connectivity index (χ4n) is 1.48. The lowest BCUT2D eigenvalue weighted by atomic mass is 10.2. The Bertz CT molecular complexity index is 597. The number of para-hydroxylation sites is 1. The summed E-state index contributed by atoms with van der Waals surface area (Å²) < 4.78 is 28.7. The molecular weight excluding hydrogens is 268 g/mol. The maximum absolute atomic E-state index is 12.2. The van der Waals surface area contributed by atoms with Crippen LogP contribution in [0, 0.1) is 0 Å². The van der Waals surface area contributed by atoms with Crippen molar-refractivity contribution >= 4 is 12.1 Å². The highest BCUT2D eigenvalue weighted by molar-refractivity contribution is 5.93. The highest BCUT2D eigenvalue weighted by Gasteiger charge is 2.08. The van der Waals surface area contributed by atoms with Gasteiger partial charge in [-0.15, -0.1) is 0 Å². The van der Waals surface area contributed by atoms with E-state index < -0.39 is 12.5 Å². The van der Waals surface area contributed by atoms with Gasteiger partial charge in [-0.2, -0.15) is 13.9 Å². The van der Waals surface area contributed by atoms with Gasteiger partial charge in [0.2, 0.25) is 0 Å². The number of ether oxygens (including phenoxy) is 1. The molecule has 0 spiro atoms. The van der Waals surface area contributed by atoms with Crippen LogP contribution in [0.25, 0.3) is 0 Å². The molecular formula is C13H11F2N3O2. The summed E-state index contributed by atoms with van der Waals surface area (Å²) in [5.41, 5.74) is 2.95. The lowest BCUT2D eigenvalue weighted by Gasteiger charge is -2.06. The first-order chi connectivity index (χ1) is 9.66. The Balaban J connectivity index is 2.02. The topological polar surface area (TPSA) is 66.5 Å². The van der Waals surface area contributed by atoms with Crippen LogP contribution in [0.1, 0.15) is 16.1 Å². The van der Waals surface area contributed by atoms with Gasteiger partial charge in [-0.3, -0.25) is 4.79 Å². The van der Waals surface area contributed by atoms with Gasteiger partial charge in [-0.05, 0) is 24.3 Å². The zero-order valence-corrected chi connectivity index (χ0v) is 10.2. The summed E-state index contributed by atoms with van der Waals surface area (Å²) in [6.07, 6.45) is 2.84. The van der Waals surface area contributed by atoms with E-state index in [0.29, 0.717) is 11.3 Å². The van der Waals surface area contributed by atoms with Crippen molar-refractivity contribution in [1.82, 2.24) is 10.4 Å². The zero-order valence-electron chi connectivity index (χ0n) is 10.2. The van der Waals surface area contributed by atoms with Crippen molar-refractivity contribution in [2.75, 3.05) is 0 Å². The molecule has 0 atom stereocenters. The SMILES string of the molecule is O=C(N/N=C\c1ccccc1OC(F)F)c1ccc[nH]1. The van der Waals surface area contributed by atoms with E-state index in [1.165, 1.54) is 12.3 Å². The van der Waals surface area contributed by atoms with Crippen molar-refractivity contribution < 1.29 is 18.3 Å². The van der Waals surface area contributed by atoms with E-state index in [2.05, 4.69) is 20.2 Å². The number of carbonyl (C=O) groups is 1. The van der Waals surface area contributed by atoms with Crippen LogP contribution in [0.3, 0.4) is 0 Å². The molecule has 1 aromatic carbocycles. The normalized spacial score (nSPS) is 10.9. The van der Waals surface area contributed by atoms with E-state index in [0.717, 1.165) is 0 Å². The van der Waals surface area contributed by atoms with Crippen molar-refractivity contribution in [2.24, 2.45) is 5.10 Å². The molecule has 5 nitrogen and oxygen atoms in total. The number of amides is 1. The predicted octanol–water partition coefficient (Wildman–Crippen LogP) is 2.38. The average molecular weight is 279 g/mol. The van der Waals surface area contributed by atoms with Crippen LogP contribution in [-0.4, -0.2) is 23.7 Å². The number of hydrogen-bond acceptors (Lipinski definition) is 3. The number of nitrogens with one attached hydrogen (secondary N) is 2. The Morgan fingerprint density at radius 2 is 2.10 bits per heavy atom. The van der Waals surface area contributed by atoms with Gasteiger partial charge in [0, 0.05) is 11.8 Å². The second kappa shape index (κ2) is 6.46. The van der Waals surface area contributed by atoms with E-state index in [-0.39, 0.29) is 5.75 Å². The van der Waals surface area contributed by atoms with E-state index in [1.54, 1.807) is 36.5 Å². The smallest absolute Gasteiger partial charge is 0.387 e. The van der Waals surface area contributed by atoms with Gasteiger partial charge in [0.1, 0.15) is 11.4 Å². The van der Waals surface area contributed by atoms with Crippen LogP contribution in [0.15, 0.2) is 47.7 Å². The van der Waals surface area contributed by atoms with Crippen LogP contribution < -0.4 is 10.2 Å². The minimum Gasteiger partial charge on any atom is -0.434 e. The van der Waals surface area contributed by atoms with E-state index in [4.69, 9.17) is 0 Å². The van der Waals surface area contributed by atoms with Crippen LogP contribution >= 0.6 is 0 Å². The summed E-state index contributed by atoms with van der Waals surface area (Å²) in [5.74, 6) is -0.445. The number of halogens is 2. The molecule has 1 amide bonds. The predicted molar refractivity (Wildman–Crippen MR) is 68.9 cm³/mol. The van der Waals surface area contributed by atoms with Crippen molar-refractivity contribution in [3.63, 3.8) is 0 Å². The van der Waals surface area contributed by atoms with Crippen LogP contribution in [-0.2, 0) is 0 Å². The standard InChI is InChI=1S/C13H11F2N3O2/c14-13(15)20-11-6-2-1-4-9(11)8-17-18-12(19)10-5-3-7-16-10/h1-8,13,16H,(H,18,19)/b17-8-. The highest BCUT2D eigenvalue weighted by atomic mass is 19.3. The molecule has 1 aromatic heterocycles. The Morgan fingerprint density at radius 3 is 2.80 bits per heavy atom. The molecule has 7 heteroatoms. The number of benzene rings is 1. The van der Waals surface area contributed by atoms with Crippen molar-refractivity contribution in [3.05, 3.63) is 53.9 Å². The molecule has 0 aliphatic rings. The molecule has 0 unspecified atom stereocenters. The van der Waals surface area contributed by atoms with Gasteiger partial charge in [-0.1, -0.05) is 12.1 Å². The molecule has 0 saturated heterocycles. The summed E-state index contributed by atoms with van der Waals surface area (Å²) >= 11 is 0. The van der Waals surface area contributed by atoms with Crippen molar-refractivity contribution in [2.45, 2.75) is 6.61 Å². The number of aromatic amines is 1. The maximum atomic E-state index is 12.2. The Hall–Kier alpha value is -2.70. The van der Waals surface area contributed by atoms with Gasteiger partial charge >= 0.3 is 6.61 Å². The third kappa shape index (κ3) is 3.64. The van der Waals surface area contributed by atoms with E-state index in [9.17, 15) is 13.6 Å². The lowest BCUT2D eigenvalue weighted by molar-refractivity contribution is -0.0499. The van der Waals surface area contributed by atoms with Gasteiger partial charge in [0.25, 0.3) is 5.91 Å². The zero-order chi connectivity index (χ0) is 14.4. The molecule has 2 aromatic rings. The van der Waals surface area contributed by atoms with Crippen molar-refractivity contribution in [3.8, 4) is 5.75 Å². The fraction of sp³-hybridized carbons (Fsp3) is 0.0769. The average Bonchev–Trinajstić information content (AvgIpc) is 2.94. The number of hydrazone groups is 1. The minimum atomic E-state index is -2.92. The summed E-state index contributed by atoms with van der Waals surface area (Å²) in [7, 11) is 0. The first-order valence-electron chi connectivity index (χ1n) is 5.67. The molecule has 104 valence electrons. The first-order valence-corrected chi connectivity index (χ1v) is 5.67. The van der Waals surface area contributed by atoms with Gasteiger partial charge < -0.3 is 9.72 Å². The monoisotopic (exact) mass is 279 g/mol. The van der Waals surface area contributed by atoms with Gasteiger partial charge in [-0.25, -0.2) is 5.43 Å². The molecule has 0 radical (unpaired) electrons. The molecule has 2 rings (SSSR count). The van der Waals surface area contributed by atoms with Gasteiger partial charge in [0.05, 0.1) is 6.21 Å². The van der Waals surface area contributed by atoms with Crippen molar-refractivity contribution in [1.29, 1.82) is 0 Å². The van der Waals surface area contributed by atoms with Crippen LogP contribution in [0.5, 0.6) is 5.75 Å². The largest absolute Gasteiger partial charge is 0.434 e. The number of alkyl halides is 2. The second-order valence-corrected chi connectivity index (χ2v) is 3.70. The van der Waals surface area contributed by atoms with E-state index in [1.807, 2.05) is 0 Å². The molecule has 2 N–H and O–H groups in total. The lowest BCUT2D eigenvalue weighted by Crippen LogP contribution is -2.17. The van der Waals surface area contributed by atoms with Crippen LogP contribution in [0.4, 0.5) is 8.78 Å². The molecule has 0 fully saturated rings. The summed E-state index contributed by atoms with van der Waals surface area (Å²) in [4.78, 5) is 14.3. The van der Waals surface area contributed by atoms with E-state index >= 15 is 0 Å².